The third kappa shape index (κ3) is 2.69. The molecule has 1 saturated carbocycles. The van der Waals surface area contributed by atoms with Gasteiger partial charge in [-0.2, -0.15) is 0 Å². The summed E-state index contributed by atoms with van der Waals surface area (Å²) in [6.45, 7) is 4.03. The van der Waals surface area contributed by atoms with Crippen molar-refractivity contribution in [3.8, 4) is 0 Å². The lowest BCUT2D eigenvalue weighted by Crippen LogP contribution is -2.31. The molecule has 21 heavy (non-hydrogen) atoms. The minimum Gasteiger partial charge on any atom is -0.397 e. The Morgan fingerprint density at radius 1 is 1.38 bits per heavy atom. The van der Waals surface area contributed by atoms with Gasteiger partial charge >= 0.3 is 0 Å². The van der Waals surface area contributed by atoms with Gasteiger partial charge in [-0.25, -0.2) is 0 Å². The van der Waals surface area contributed by atoms with E-state index in [-0.39, 0.29) is 5.78 Å². The Kier molecular flexibility index (Phi) is 3.97. The summed E-state index contributed by atoms with van der Waals surface area (Å²) in [6, 6.07) is 0.603. The maximum atomic E-state index is 12.1. The molecule has 0 bridgehead atoms. The van der Waals surface area contributed by atoms with E-state index in [1.165, 1.54) is 29.8 Å². The molecule has 1 aromatic rings. The number of likely N-dealkylation sites (N-methyl/N-ethyl adjacent to an activating group) is 1. The largest absolute Gasteiger partial charge is 0.397 e. The number of nitrogens with two attached hydrogens (primary N) is 1. The van der Waals surface area contributed by atoms with Crippen LogP contribution in [-0.4, -0.2) is 43.9 Å². The molecule has 2 N–H and O–H groups in total. The van der Waals surface area contributed by atoms with Crippen molar-refractivity contribution in [2.45, 2.75) is 44.6 Å². The van der Waals surface area contributed by atoms with Gasteiger partial charge in [-0.05, 0) is 39.3 Å². The summed E-state index contributed by atoms with van der Waals surface area (Å²) in [5.41, 5.74) is 8.39. The van der Waals surface area contributed by atoms with E-state index < -0.39 is 0 Å². The van der Waals surface area contributed by atoms with Gasteiger partial charge in [0.05, 0.1) is 15.6 Å². The fourth-order valence-corrected chi connectivity index (χ4v) is 4.51. The highest BCUT2D eigenvalue weighted by atomic mass is 32.1. The molecule has 5 heteroatoms. The van der Waals surface area contributed by atoms with Gasteiger partial charge in [-0.3, -0.25) is 4.79 Å². The summed E-state index contributed by atoms with van der Waals surface area (Å²) in [5.74, 6) is 0.780. The maximum Gasteiger partial charge on any atom is 0.174 e. The highest BCUT2D eigenvalue weighted by Crippen LogP contribution is 2.52. The Bertz CT molecular complexity index is 548. The van der Waals surface area contributed by atoms with Gasteiger partial charge in [-0.15, -0.1) is 11.3 Å². The minimum absolute atomic E-state index is 0.189. The van der Waals surface area contributed by atoms with Gasteiger partial charge in [0, 0.05) is 31.1 Å². The second kappa shape index (κ2) is 5.61. The second-order valence-corrected chi connectivity index (χ2v) is 7.47. The first-order chi connectivity index (χ1) is 10.0. The number of carbonyl (C=O) groups is 1. The van der Waals surface area contributed by atoms with E-state index in [4.69, 9.17) is 5.73 Å². The fourth-order valence-electron chi connectivity index (χ4n) is 3.16. The van der Waals surface area contributed by atoms with Crippen LogP contribution in [0.2, 0.25) is 0 Å². The summed E-state index contributed by atoms with van der Waals surface area (Å²) in [4.78, 5) is 17.7. The van der Waals surface area contributed by atoms with E-state index in [1.54, 1.807) is 11.3 Å². The SMILES string of the molecule is CCC(=O)c1sc(N2CCC(N(C)C)C2)c(C2CC2)c1N. The number of nitrogen functional groups attached to an aromatic ring is 1. The molecule has 1 atom stereocenters. The van der Waals surface area contributed by atoms with Crippen molar-refractivity contribution < 1.29 is 4.79 Å². The van der Waals surface area contributed by atoms with Gasteiger partial charge in [-0.1, -0.05) is 6.92 Å². The number of Topliss-reactive ketones (excluding diaryl/α,β-unsaturated/α-hetero) is 1. The van der Waals surface area contributed by atoms with Gasteiger partial charge in [0.25, 0.3) is 0 Å². The molecule has 0 radical (unpaired) electrons. The molecule has 2 fully saturated rings. The summed E-state index contributed by atoms with van der Waals surface area (Å²) < 4.78 is 0. The first kappa shape index (κ1) is 14.9. The van der Waals surface area contributed by atoms with Crippen LogP contribution >= 0.6 is 11.3 Å². The van der Waals surface area contributed by atoms with Crippen molar-refractivity contribution in [3.05, 3.63) is 10.4 Å². The molecule has 3 rings (SSSR count). The number of carbonyl (C=O) groups excluding carboxylic acids is 1. The van der Waals surface area contributed by atoms with Crippen LogP contribution in [0.3, 0.4) is 0 Å². The number of hydrogen-bond acceptors (Lipinski definition) is 5. The standard InChI is InChI=1S/C16H25N3OS/c1-4-12(20)15-14(17)13(10-5-6-10)16(21-15)19-8-7-11(9-19)18(2)3/h10-11H,4-9,17H2,1-3H3. The Morgan fingerprint density at radius 3 is 2.62 bits per heavy atom. The molecule has 1 aromatic heterocycles. The average Bonchev–Trinajstić information content (AvgIpc) is 3.05. The quantitative estimate of drug-likeness (QED) is 0.850. The second-order valence-electron chi connectivity index (χ2n) is 6.47. The molecule has 1 unspecified atom stereocenters. The van der Waals surface area contributed by atoms with Crippen molar-refractivity contribution >= 4 is 27.8 Å². The topological polar surface area (TPSA) is 49.6 Å². The van der Waals surface area contributed by atoms with Crippen molar-refractivity contribution in [1.29, 1.82) is 0 Å². The summed E-state index contributed by atoms with van der Waals surface area (Å²) >= 11 is 1.63. The third-order valence-corrected chi connectivity index (χ3v) is 6.03. The van der Waals surface area contributed by atoms with E-state index in [9.17, 15) is 4.79 Å². The van der Waals surface area contributed by atoms with Crippen LogP contribution in [0.15, 0.2) is 0 Å². The fraction of sp³-hybridized carbons (Fsp3) is 0.688. The van der Waals surface area contributed by atoms with Crippen molar-refractivity contribution in [3.63, 3.8) is 0 Å². The summed E-state index contributed by atoms with van der Waals surface area (Å²) in [5, 5.41) is 1.27. The van der Waals surface area contributed by atoms with Gasteiger partial charge < -0.3 is 15.5 Å². The van der Waals surface area contributed by atoms with E-state index in [0.29, 0.717) is 18.4 Å². The summed E-state index contributed by atoms with van der Waals surface area (Å²) in [7, 11) is 4.29. The Hall–Kier alpha value is -1.07. The molecule has 116 valence electrons. The lowest BCUT2D eigenvalue weighted by atomic mass is 10.1. The molecular formula is C16H25N3OS. The highest BCUT2D eigenvalue weighted by molar-refractivity contribution is 7.19. The molecule has 2 heterocycles. The zero-order chi connectivity index (χ0) is 15.1. The lowest BCUT2D eigenvalue weighted by Gasteiger charge is -2.21. The van der Waals surface area contributed by atoms with Crippen LogP contribution < -0.4 is 10.6 Å². The summed E-state index contributed by atoms with van der Waals surface area (Å²) in [6.07, 6.45) is 4.16. The molecule has 0 amide bonds. The number of nitrogens with zero attached hydrogens (tertiary/aromatic N) is 2. The number of anilines is 2. The molecule has 1 aliphatic heterocycles. The molecule has 0 aromatic carbocycles. The number of ketones is 1. The third-order valence-electron chi connectivity index (χ3n) is 4.70. The number of thiophene rings is 1. The lowest BCUT2D eigenvalue weighted by molar-refractivity contribution is 0.0993. The van der Waals surface area contributed by atoms with Crippen molar-refractivity contribution in [2.24, 2.45) is 0 Å². The van der Waals surface area contributed by atoms with Crippen LogP contribution in [0.25, 0.3) is 0 Å². The minimum atomic E-state index is 0.189. The maximum absolute atomic E-state index is 12.1. The van der Waals surface area contributed by atoms with Crippen LogP contribution in [0.1, 0.15) is 53.8 Å². The molecule has 4 nitrogen and oxygen atoms in total. The Morgan fingerprint density at radius 2 is 2.10 bits per heavy atom. The van der Waals surface area contributed by atoms with Gasteiger partial charge in [0.15, 0.2) is 5.78 Å². The number of hydrogen-bond donors (Lipinski definition) is 1. The predicted molar refractivity (Wildman–Crippen MR) is 89.6 cm³/mol. The average molecular weight is 307 g/mol. The Labute approximate surface area is 130 Å². The van der Waals surface area contributed by atoms with E-state index in [2.05, 4.69) is 23.9 Å². The van der Waals surface area contributed by atoms with E-state index in [0.717, 1.165) is 23.7 Å². The van der Waals surface area contributed by atoms with E-state index in [1.807, 2.05) is 6.92 Å². The molecule has 2 aliphatic rings. The smallest absolute Gasteiger partial charge is 0.174 e. The molecule has 0 spiro atoms. The first-order valence-corrected chi connectivity index (χ1v) is 8.71. The van der Waals surface area contributed by atoms with E-state index >= 15 is 0 Å². The van der Waals surface area contributed by atoms with Crippen molar-refractivity contribution in [2.75, 3.05) is 37.8 Å². The van der Waals surface area contributed by atoms with Crippen LogP contribution in [-0.2, 0) is 0 Å². The normalized spacial score (nSPS) is 22.3. The zero-order valence-electron chi connectivity index (χ0n) is 13.2. The van der Waals surface area contributed by atoms with Crippen LogP contribution in [0, 0.1) is 0 Å². The van der Waals surface area contributed by atoms with Crippen LogP contribution in [0.5, 0.6) is 0 Å². The monoisotopic (exact) mass is 307 g/mol. The van der Waals surface area contributed by atoms with Gasteiger partial charge in [0.1, 0.15) is 0 Å². The van der Waals surface area contributed by atoms with Crippen LogP contribution in [0.4, 0.5) is 10.7 Å². The Balaban J connectivity index is 1.93. The zero-order valence-corrected chi connectivity index (χ0v) is 14.0. The molecule has 1 aliphatic carbocycles. The van der Waals surface area contributed by atoms with Crippen molar-refractivity contribution in [1.82, 2.24) is 4.90 Å². The van der Waals surface area contributed by atoms with Gasteiger partial charge in [0.2, 0.25) is 0 Å². The first-order valence-electron chi connectivity index (χ1n) is 7.89. The molecular weight excluding hydrogens is 282 g/mol. The predicted octanol–water partition coefficient (Wildman–Crippen LogP) is 2.94. The highest BCUT2D eigenvalue weighted by Gasteiger charge is 2.36. The number of rotatable bonds is 5. The molecule has 1 saturated heterocycles.